The van der Waals surface area contributed by atoms with Gasteiger partial charge in [-0.1, -0.05) is 24.3 Å². The van der Waals surface area contributed by atoms with Crippen LogP contribution in [0, 0.1) is 11.8 Å². The first-order valence-corrected chi connectivity index (χ1v) is 8.18. The third-order valence-electron chi connectivity index (χ3n) is 5.51. The van der Waals surface area contributed by atoms with Gasteiger partial charge < -0.3 is 0 Å². The zero-order chi connectivity index (χ0) is 11.7. The molecule has 0 aromatic carbocycles. The van der Waals surface area contributed by atoms with E-state index in [1.165, 1.54) is 0 Å². The summed E-state index contributed by atoms with van der Waals surface area (Å²) in [6.45, 7) is 0. The highest BCUT2D eigenvalue weighted by atomic mass is 32.2. The lowest BCUT2D eigenvalue weighted by Gasteiger charge is -2.34. The fraction of sp³-hybridized carbons (Fsp3) is 0.714. The van der Waals surface area contributed by atoms with Crippen molar-refractivity contribution in [1.29, 1.82) is 0 Å². The van der Waals surface area contributed by atoms with Crippen LogP contribution in [0.3, 0.4) is 0 Å². The van der Waals surface area contributed by atoms with E-state index in [4.69, 9.17) is 0 Å². The van der Waals surface area contributed by atoms with E-state index in [-0.39, 0.29) is 0 Å². The lowest BCUT2D eigenvalue weighted by Crippen LogP contribution is -2.46. The first-order chi connectivity index (χ1) is 8.07. The Kier molecular flexibility index (Phi) is 1.75. The lowest BCUT2D eigenvalue weighted by molar-refractivity contribution is 0.518. The van der Waals surface area contributed by atoms with Crippen molar-refractivity contribution < 1.29 is 8.42 Å². The number of hydrogen-bond donors (Lipinski definition) is 0. The molecule has 0 spiro atoms. The lowest BCUT2D eigenvalue weighted by atomic mass is 10.1. The molecule has 4 bridgehead atoms. The van der Waals surface area contributed by atoms with Gasteiger partial charge in [-0.25, -0.2) is 8.42 Å². The first kappa shape index (κ1) is 10.4. The van der Waals surface area contributed by atoms with Gasteiger partial charge in [0.05, 0.1) is 9.49 Å². The van der Waals surface area contributed by atoms with E-state index < -0.39 is 19.3 Å². The molecule has 17 heavy (non-hydrogen) atoms. The SMILES string of the molecule is O=S(=O)(C12C=CC(CC1)C2)C12C=CC(CC1)C2. The second-order valence-corrected chi connectivity index (χ2v) is 8.99. The van der Waals surface area contributed by atoms with Crippen molar-refractivity contribution in [3.05, 3.63) is 24.3 Å². The maximum atomic E-state index is 13.1. The van der Waals surface area contributed by atoms with Crippen molar-refractivity contribution >= 4 is 9.84 Å². The Morgan fingerprint density at radius 1 is 0.882 bits per heavy atom. The van der Waals surface area contributed by atoms with Gasteiger partial charge in [0.2, 0.25) is 0 Å². The van der Waals surface area contributed by atoms with Crippen LogP contribution in [0.1, 0.15) is 38.5 Å². The summed E-state index contributed by atoms with van der Waals surface area (Å²) in [5.74, 6) is 1.06. The van der Waals surface area contributed by atoms with Crippen LogP contribution in [0.2, 0.25) is 0 Å². The molecular weight excluding hydrogens is 232 g/mol. The summed E-state index contributed by atoms with van der Waals surface area (Å²) in [4.78, 5) is 0. The molecule has 2 nitrogen and oxygen atoms in total. The molecular formula is C14H18O2S. The summed E-state index contributed by atoms with van der Waals surface area (Å²) in [6, 6.07) is 0. The molecule has 0 aromatic rings. The van der Waals surface area contributed by atoms with E-state index in [1.54, 1.807) is 0 Å². The Balaban J connectivity index is 1.83. The van der Waals surface area contributed by atoms with Crippen molar-refractivity contribution in [2.75, 3.05) is 0 Å². The van der Waals surface area contributed by atoms with Crippen molar-refractivity contribution in [2.24, 2.45) is 11.8 Å². The van der Waals surface area contributed by atoms with E-state index in [0.717, 1.165) is 38.5 Å². The van der Waals surface area contributed by atoms with Gasteiger partial charge in [0.25, 0.3) is 0 Å². The topological polar surface area (TPSA) is 34.1 Å². The Hall–Kier alpha value is -0.570. The van der Waals surface area contributed by atoms with Gasteiger partial charge in [-0.15, -0.1) is 0 Å². The predicted molar refractivity (Wildman–Crippen MR) is 67.3 cm³/mol. The minimum absolute atomic E-state index is 0.499. The molecule has 0 saturated heterocycles. The maximum absolute atomic E-state index is 13.1. The molecule has 0 aliphatic heterocycles. The molecule has 4 atom stereocenters. The summed E-state index contributed by atoms with van der Waals surface area (Å²) >= 11 is 0. The minimum atomic E-state index is -3.05. The highest BCUT2D eigenvalue weighted by molar-refractivity contribution is 7.94. The summed E-state index contributed by atoms with van der Waals surface area (Å²) in [5, 5.41) is 0. The van der Waals surface area contributed by atoms with Gasteiger partial charge in [0.1, 0.15) is 0 Å². The molecule has 2 saturated carbocycles. The monoisotopic (exact) mass is 250 g/mol. The van der Waals surface area contributed by atoms with E-state index in [0.29, 0.717) is 11.8 Å². The van der Waals surface area contributed by atoms with Gasteiger partial charge in [-0.2, -0.15) is 0 Å². The van der Waals surface area contributed by atoms with Crippen LogP contribution in [0.4, 0.5) is 0 Å². The Labute approximate surface area is 103 Å². The van der Waals surface area contributed by atoms with E-state index in [9.17, 15) is 8.42 Å². The molecule has 4 rings (SSSR count). The number of rotatable bonds is 2. The fourth-order valence-electron chi connectivity index (χ4n) is 4.48. The molecule has 4 aliphatic rings. The Morgan fingerprint density at radius 2 is 1.35 bits per heavy atom. The van der Waals surface area contributed by atoms with Crippen molar-refractivity contribution in [1.82, 2.24) is 0 Å². The minimum Gasteiger partial charge on any atom is -0.227 e. The third kappa shape index (κ3) is 1.05. The van der Waals surface area contributed by atoms with Crippen LogP contribution in [0.5, 0.6) is 0 Å². The fourth-order valence-corrected chi connectivity index (χ4v) is 7.45. The average molecular weight is 250 g/mol. The molecule has 0 heterocycles. The number of fused-ring (bicyclic) bond motifs is 4. The molecule has 4 aliphatic carbocycles. The largest absolute Gasteiger partial charge is 0.227 e. The van der Waals surface area contributed by atoms with Crippen LogP contribution in [0.25, 0.3) is 0 Å². The van der Waals surface area contributed by atoms with E-state index in [2.05, 4.69) is 12.2 Å². The van der Waals surface area contributed by atoms with Crippen LogP contribution in [-0.4, -0.2) is 17.9 Å². The number of allylic oxidation sites excluding steroid dienone is 2. The van der Waals surface area contributed by atoms with Gasteiger partial charge in [-0.3, -0.25) is 0 Å². The summed E-state index contributed by atoms with van der Waals surface area (Å²) in [7, 11) is -3.05. The standard InChI is InChI=1S/C14H18O2S/c15-17(16,13-5-1-11(9-13)2-6-13)14-7-3-12(10-14)4-8-14/h1,3,5,7,11-12H,2,4,6,8-10H2. The molecule has 2 fully saturated rings. The second-order valence-electron chi connectivity index (χ2n) is 6.36. The highest BCUT2D eigenvalue weighted by Gasteiger charge is 2.61. The zero-order valence-electron chi connectivity index (χ0n) is 9.93. The number of hydrogen-bond acceptors (Lipinski definition) is 2. The van der Waals surface area contributed by atoms with Crippen molar-refractivity contribution in [3.63, 3.8) is 0 Å². The van der Waals surface area contributed by atoms with Crippen LogP contribution in [-0.2, 0) is 9.84 Å². The smallest absolute Gasteiger partial charge is 0.168 e. The molecule has 92 valence electrons. The quantitative estimate of drug-likeness (QED) is 0.706. The summed E-state index contributed by atoms with van der Waals surface area (Å²) < 4.78 is 25.2. The van der Waals surface area contributed by atoms with Crippen LogP contribution < -0.4 is 0 Å². The molecule has 3 heteroatoms. The number of sulfone groups is 1. The molecule has 0 N–H and O–H groups in total. The van der Waals surface area contributed by atoms with Gasteiger partial charge in [0.15, 0.2) is 9.84 Å². The Bertz CT molecular complexity index is 488. The Morgan fingerprint density at radius 3 is 1.59 bits per heavy atom. The summed E-state index contributed by atoms with van der Waals surface area (Å²) in [6.07, 6.45) is 13.9. The predicted octanol–water partition coefficient (Wildman–Crippen LogP) is 2.62. The van der Waals surface area contributed by atoms with Crippen LogP contribution in [0.15, 0.2) is 24.3 Å². The normalized spacial score (nSPS) is 50.6. The van der Waals surface area contributed by atoms with Crippen molar-refractivity contribution in [3.8, 4) is 0 Å². The van der Waals surface area contributed by atoms with Crippen molar-refractivity contribution in [2.45, 2.75) is 48.0 Å². The zero-order valence-corrected chi connectivity index (χ0v) is 10.7. The molecule has 4 unspecified atom stereocenters. The molecule has 0 aromatic heterocycles. The highest BCUT2D eigenvalue weighted by Crippen LogP contribution is 2.57. The van der Waals surface area contributed by atoms with Gasteiger partial charge >= 0.3 is 0 Å². The van der Waals surface area contributed by atoms with Crippen LogP contribution >= 0.6 is 0 Å². The third-order valence-corrected chi connectivity index (χ3v) is 8.66. The first-order valence-electron chi connectivity index (χ1n) is 6.70. The molecule has 0 amide bonds. The molecule has 0 radical (unpaired) electrons. The second kappa shape index (κ2) is 2.87. The maximum Gasteiger partial charge on any atom is 0.168 e. The van der Waals surface area contributed by atoms with Gasteiger partial charge in [-0.05, 0) is 50.4 Å². The van der Waals surface area contributed by atoms with E-state index in [1.807, 2.05) is 12.2 Å². The van der Waals surface area contributed by atoms with Gasteiger partial charge in [0, 0.05) is 0 Å². The average Bonchev–Trinajstić information content (AvgIpc) is 3.09. The summed E-state index contributed by atoms with van der Waals surface area (Å²) in [5.41, 5.74) is 0. The van der Waals surface area contributed by atoms with E-state index >= 15 is 0 Å².